The number of rotatable bonds is 6. The van der Waals surface area contributed by atoms with E-state index in [1.807, 2.05) is 19.1 Å². The minimum atomic E-state index is -0.114. The lowest BCUT2D eigenvalue weighted by atomic mass is 9.86. The zero-order valence-corrected chi connectivity index (χ0v) is 12.9. The van der Waals surface area contributed by atoms with Crippen LogP contribution in [0.1, 0.15) is 44.5 Å². The minimum Gasteiger partial charge on any atom is -0.494 e. The van der Waals surface area contributed by atoms with Crippen LogP contribution >= 0.6 is 0 Å². The van der Waals surface area contributed by atoms with E-state index in [2.05, 4.69) is 26.1 Å². The van der Waals surface area contributed by atoms with Gasteiger partial charge in [-0.15, -0.1) is 0 Å². The lowest BCUT2D eigenvalue weighted by Gasteiger charge is -2.30. The average Bonchev–Trinajstić information content (AvgIpc) is 2.41. The molecule has 4 nitrogen and oxygen atoms in total. The highest BCUT2D eigenvalue weighted by molar-refractivity contribution is 5.94. The number of hydrogen-bond donors (Lipinski definition) is 2. The second-order valence-electron chi connectivity index (χ2n) is 6.00. The summed E-state index contributed by atoms with van der Waals surface area (Å²) in [6.45, 7) is 9.30. The van der Waals surface area contributed by atoms with Gasteiger partial charge in [0.1, 0.15) is 5.75 Å². The largest absolute Gasteiger partial charge is 0.494 e. The molecule has 3 N–H and O–H groups in total. The fourth-order valence-corrected chi connectivity index (χ4v) is 1.82. The first kappa shape index (κ1) is 16.5. The van der Waals surface area contributed by atoms with Gasteiger partial charge in [0.05, 0.1) is 6.61 Å². The molecular formula is C16H26N2O2. The molecule has 1 amide bonds. The van der Waals surface area contributed by atoms with Crippen molar-refractivity contribution in [1.29, 1.82) is 0 Å². The molecule has 0 radical (unpaired) electrons. The van der Waals surface area contributed by atoms with Crippen molar-refractivity contribution in [2.75, 3.05) is 13.2 Å². The molecule has 1 unspecified atom stereocenters. The van der Waals surface area contributed by atoms with Crippen molar-refractivity contribution >= 4 is 5.91 Å². The molecule has 1 rings (SSSR count). The summed E-state index contributed by atoms with van der Waals surface area (Å²) in [5.41, 5.74) is 6.27. The Morgan fingerprint density at radius 3 is 2.65 bits per heavy atom. The van der Waals surface area contributed by atoms with Crippen LogP contribution in [0.15, 0.2) is 24.3 Å². The van der Waals surface area contributed by atoms with E-state index in [9.17, 15) is 4.79 Å². The van der Waals surface area contributed by atoms with Gasteiger partial charge in [-0.1, -0.05) is 33.8 Å². The highest BCUT2D eigenvalue weighted by Crippen LogP contribution is 2.19. The molecule has 1 atom stereocenters. The third kappa shape index (κ3) is 4.85. The summed E-state index contributed by atoms with van der Waals surface area (Å²) >= 11 is 0. The molecule has 0 heterocycles. The number of hydrogen-bond acceptors (Lipinski definition) is 3. The number of nitrogens with two attached hydrogens (primary N) is 1. The van der Waals surface area contributed by atoms with Crippen LogP contribution in [-0.4, -0.2) is 25.1 Å². The number of nitrogens with one attached hydrogen (secondary N) is 1. The summed E-state index contributed by atoms with van der Waals surface area (Å²) < 4.78 is 5.54. The zero-order chi connectivity index (χ0) is 15.2. The van der Waals surface area contributed by atoms with Crippen molar-refractivity contribution in [3.8, 4) is 5.75 Å². The van der Waals surface area contributed by atoms with Crippen LogP contribution in [0, 0.1) is 5.41 Å². The molecule has 112 valence electrons. The summed E-state index contributed by atoms with van der Waals surface area (Å²) in [5.74, 6) is 0.608. The van der Waals surface area contributed by atoms with Gasteiger partial charge in [0.25, 0.3) is 5.91 Å². The molecule has 0 aliphatic carbocycles. The third-order valence-electron chi connectivity index (χ3n) is 3.16. The Labute approximate surface area is 121 Å². The molecule has 0 bridgehead atoms. The van der Waals surface area contributed by atoms with Gasteiger partial charge in [-0.3, -0.25) is 4.79 Å². The maximum Gasteiger partial charge on any atom is 0.251 e. The van der Waals surface area contributed by atoms with Gasteiger partial charge in [0.2, 0.25) is 0 Å². The van der Waals surface area contributed by atoms with E-state index in [0.717, 1.165) is 12.2 Å². The van der Waals surface area contributed by atoms with Gasteiger partial charge in [-0.25, -0.2) is 0 Å². The predicted molar refractivity (Wildman–Crippen MR) is 82.0 cm³/mol. The van der Waals surface area contributed by atoms with Gasteiger partial charge in [-0.2, -0.15) is 0 Å². The molecule has 0 aromatic heterocycles. The minimum absolute atomic E-state index is 0.0600. The normalized spacial score (nSPS) is 12.8. The van der Waals surface area contributed by atoms with Gasteiger partial charge in [0.15, 0.2) is 0 Å². The molecule has 0 spiro atoms. The van der Waals surface area contributed by atoms with Crippen molar-refractivity contribution in [3.63, 3.8) is 0 Å². The van der Waals surface area contributed by atoms with E-state index < -0.39 is 0 Å². The molecule has 0 fully saturated rings. The average molecular weight is 278 g/mol. The maximum atomic E-state index is 12.3. The Bertz CT molecular complexity index is 438. The predicted octanol–water partition coefficient (Wildman–Crippen LogP) is 2.58. The van der Waals surface area contributed by atoms with Crippen LogP contribution < -0.4 is 15.8 Å². The lowest BCUT2D eigenvalue weighted by Crippen LogP contribution is -2.48. The van der Waals surface area contributed by atoms with Crippen LogP contribution in [0.25, 0.3) is 0 Å². The van der Waals surface area contributed by atoms with Crippen LogP contribution in [0.4, 0.5) is 0 Å². The van der Waals surface area contributed by atoms with Crippen LogP contribution in [0.5, 0.6) is 5.75 Å². The smallest absolute Gasteiger partial charge is 0.251 e. The first-order valence-corrected chi connectivity index (χ1v) is 7.12. The van der Waals surface area contributed by atoms with Crippen LogP contribution in [-0.2, 0) is 0 Å². The van der Waals surface area contributed by atoms with Gasteiger partial charge in [-0.05, 0) is 30.0 Å². The van der Waals surface area contributed by atoms with E-state index in [1.54, 1.807) is 12.1 Å². The van der Waals surface area contributed by atoms with E-state index in [-0.39, 0.29) is 17.4 Å². The lowest BCUT2D eigenvalue weighted by molar-refractivity contribution is 0.0905. The summed E-state index contributed by atoms with van der Waals surface area (Å²) in [4.78, 5) is 12.3. The number of ether oxygens (including phenoxy) is 1. The Hall–Kier alpha value is -1.55. The van der Waals surface area contributed by atoms with E-state index >= 15 is 0 Å². The molecule has 0 saturated carbocycles. The molecule has 4 heteroatoms. The van der Waals surface area contributed by atoms with E-state index in [4.69, 9.17) is 10.5 Å². The second kappa shape index (κ2) is 7.29. The molecule has 1 aromatic rings. The maximum absolute atomic E-state index is 12.3. The van der Waals surface area contributed by atoms with Gasteiger partial charge >= 0.3 is 0 Å². The van der Waals surface area contributed by atoms with E-state index in [0.29, 0.717) is 18.7 Å². The summed E-state index contributed by atoms with van der Waals surface area (Å²) in [7, 11) is 0. The fourth-order valence-electron chi connectivity index (χ4n) is 1.82. The van der Waals surface area contributed by atoms with E-state index in [1.165, 1.54) is 0 Å². The molecule has 0 saturated heterocycles. The van der Waals surface area contributed by atoms with Crippen molar-refractivity contribution in [3.05, 3.63) is 29.8 Å². The molecular weight excluding hydrogens is 252 g/mol. The number of benzene rings is 1. The topological polar surface area (TPSA) is 64.3 Å². The monoisotopic (exact) mass is 278 g/mol. The third-order valence-corrected chi connectivity index (χ3v) is 3.16. The summed E-state index contributed by atoms with van der Waals surface area (Å²) in [5, 5.41) is 2.99. The highest BCUT2D eigenvalue weighted by atomic mass is 16.5. The van der Waals surface area contributed by atoms with Crippen molar-refractivity contribution in [1.82, 2.24) is 5.32 Å². The standard InChI is InChI=1S/C16H26N2O2/c1-5-9-20-13-8-6-7-12(10-13)15(19)18-14(11-17)16(2,3)4/h6-8,10,14H,5,9,11,17H2,1-4H3,(H,18,19). The summed E-state index contributed by atoms with van der Waals surface area (Å²) in [6, 6.07) is 7.17. The quantitative estimate of drug-likeness (QED) is 0.840. The second-order valence-corrected chi connectivity index (χ2v) is 6.00. The van der Waals surface area contributed by atoms with Crippen molar-refractivity contribution in [2.45, 2.75) is 40.2 Å². The van der Waals surface area contributed by atoms with Crippen molar-refractivity contribution in [2.24, 2.45) is 11.1 Å². The zero-order valence-electron chi connectivity index (χ0n) is 12.9. The molecule has 0 aliphatic heterocycles. The first-order valence-electron chi connectivity index (χ1n) is 7.12. The Morgan fingerprint density at radius 1 is 1.40 bits per heavy atom. The number of carbonyl (C=O) groups is 1. The molecule has 20 heavy (non-hydrogen) atoms. The molecule has 0 aliphatic rings. The number of carbonyl (C=O) groups excluding carboxylic acids is 1. The molecule has 1 aromatic carbocycles. The van der Waals surface area contributed by atoms with Crippen LogP contribution in [0.3, 0.4) is 0 Å². The Kier molecular flexibility index (Phi) is 6.02. The van der Waals surface area contributed by atoms with Crippen LogP contribution in [0.2, 0.25) is 0 Å². The Morgan fingerprint density at radius 2 is 2.10 bits per heavy atom. The van der Waals surface area contributed by atoms with Gasteiger partial charge in [0, 0.05) is 18.2 Å². The fraction of sp³-hybridized carbons (Fsp3) is 0.562. The van der Waals surface area contributed by atoms with Crippen molar-refractivity contribution < 1.29 is 9.53 Å². The SMILES string of the molecule is CCCOc1cccc(C(=O)NC(CN)C(C)(C)C)c1. The Balaban J connectivity index is 2.76. The highest BCUT2D eigenvalue weighted by Gasteiger charge is 2.25. The summed E-state index contributed by atoms with van der Waals surface area (Å²) in [6.07, 6.45) is 0.940. The number of amides is 1. The van der Waals surface area contributed by atoms with Gasteiger partial charge < -0.3 is 15.8 Å². The first-order chi connectivity index (χ1) is 9.38.